The van der Waals surface area contributed by atoms with Crippen LogP contribution in [-0.2, 0) is 13.0 Å². The maximum absolute atomic E-state index is 13.3. The first-order valence-electron chi connectivity index (χ1n) is 6.52. The topological polar surface area (TPSA) is 25.2 Å². The number of hydrogen-bond donors (Lipinski definition) is 1. The molecule has 1 heterocycles. The fourth-order valence-corrected chi connectivity index (χ4v) is 2.18. The molecule has 0 spiro atoms. The Morgan fingerprint density at radius 2 is 2.11 bits per heavy atom. The summed E-state index contributed by atoms with van der Waals surface area (Å²) in [6.07, 6.45) is 0.856. The smallest absolute Gasteiger partial charge is 0.134 e. The lowest BCUT2D eigenvalue weighted by Gasteiger charge is -2.06. The largest absolute Gasteiger partial charge is 0.459 e. The van der Waals surface area contributed by atoms with Crippen molar-refractivity contribution in [1.82, 2.24) is 5.32 Å². The molecule has 2 aromatic rings. The first-order chi connectivity index (χ1) is 8.61. The van der Waals surface area contributed by atoms with Crippen LogP contribution in [0.1, 0.15) is 32.1 Å². The van der Waals surface area contributed by atoms with Gasteiger partial charge in [0.05, 0.1) is 6.54 Å². The lowest BCUT2D eigenvalue weighted by Crippen LogP contribution is -2.19. The van der Waals surface area contributed by atoms with Gasteiger partial charge in [-0.25, -0.2) is 4.39 Å². The highest BCUT2D eigenvalue weighted by atomic mass is 19.1. The van der Waals surface area contributed by atoms with Crippen LogP contribution < -0.4 is 5.32 Å². The molecule has 0 saturated carbocycles. The van der Waals surface area contributed by atoms with Crippen molar-refractivity contribution in [2.75, 3.05) is 6.54 Å². The van der Waals surface area contributed by atoms with Gasteiger partial charge in [-0.15, -0.1) is 0 Å². The van der Waals surface area contributed by atoms with Crippen LogP contribution in [0.5, 0.6) is 0 Å². The molecule has 0 aliphatic heterocycles. The lowest BCUT2D eigenvalue weighted by molar-refractivity contribution is 0.481. The second-order valence-electron chi connectivity index (χ2n) is 5.02. The monoisotopic (exact) mass is 249 g/mol. The Labute approximate surface area is 107 Å². The third-order valence-electron chi connectivity index (χ3n) is 3.03. The molecule has 2 rings (SSSR count). The molecule has 0 fully saturated rings. The van der Waals surface area contributed by atoms with E-state index in [4.69, 9.17) is 4.42 Å². The summed E-state index contributed by atoms with van der Waals surface area (Å²) in [5.41, 5.74) is 1.88. The standard InChI is InChI=1S/C15H20FNO/c1-4-12-13-7-11(16)5-6-14(13)18-15(12)9-17-8-10(2)3/h5-7,10,17H,4,8-9H2,1-3H3. The minimum Gasteiger partial charge on any atom is -0.459 e. The Balaban J connectivity index is 2.27. The van der Waals surface area contributed by atoms with Crippen molar-refractivity contribution in [3.63, 3.8) is 0 Å². The van der Waals surface area contributed by atoms with Crippen LogP contribution in [0.4, 0.5) is 4.39 Å². The van der Waals surface area contributed by atoms with Crippen molar-refractivity contribution >= 4 is 11.0 Å². The molecule has 98 valence electrons. The number of benzene rings is 1. The minimum absolute atomic E-state index is 0.209. The Bertz CT molecular complexity index is 531. The van der Waals surface area contributed by atoms with Crippen molar-refractivity contribution in [2.45, 2.75) is 33.7 Å². The molecule has 1 aromatic heterocycles. The Morgan fingerprint density at radius 3 is 2.78 bits per heavy atom. The second kappa shape index (κ2) is 5.53. The molecule has 0 aliphatic carbocycles. The van der Waals surface area contributed by atoms with Gasteiger partial charge in [0.2, 0.25) is 0 Å². The van der Waals surface area contributed by atoms with E-state index in [1.165, 1.54) is 6.07 Å². The van der Waals surface area contributed by atoms with Crippen LogP contribution in [0, 0.1) is 11.7 Å². The molecule has 0 aliphatic rings. The molecule has 0 saturated heterocycles. The summed E-state index contributed by atoms with van der Waals surface area (Å²) >= 11 is 0. The number of hydrogen-bond acceptors (Lipinski definition) is 2. The van der Waals surface area contributed by atoms with Crippen LogP contribution in [0.3, 0.4) is 0 Å². The second-order valence-corrected chi connectivity index (χ2v) is 5.02. The normalized spacial score (nSPS) is 11.6. The van der Waals surface area contributed by atoms with Gasteiger partial charge in [-0.3, -0.25) is 0 Å². The third-order valence-corrected chi connectivity index (χ3v) is 3.03. The molecule has 0 atom stereocenters. The highest BCUT2D eigenvalue weighted by Gasteiger charge is 2.13. The van der Waals surface area contributed by atoms with E-state index in [2.05, 4.69) is 26.1 Å². The predicted molar refractivity (Wildman–Crippen MR) is 72.1 cm³/mol. The van der Waals surface area contributed by atoms with Crippen LogP contribution >= 0.6 is 0 Å². The zero-order chi connectivity index (χ0) is 13.1. The van der Waals surface area contributed by atoms with E-state index in [1.807, 2.05) is 0 Å². The summed E-state index contributed by atoms with van der Waals surface area (Å²) < 4.78 is 19.1. The molecule has 0 radical (unpaired) electrons. The van der Waals surface area contributed by atoms with Gasteiger partial charge in [0, 0.05) is 10.9 Å². The zero-order valence-electron chi connectivity index (χ0n) is 11.2. The molecule has 1 N–H and O–H groups in total. The fourth-order valence-electron chi connectivity index (χ4n) is 2.18. The first-order valence-corrected chi connectivity index (χ1v) is 6.52. The van der Waals surface area contributed by atoms with Gasteiger partial charge >= 0.3 is 0 Å². The number of aryl methyl sites for hydroxylation is 1. The van der Waals surface area contributed by atoms with Gasteiger partial charge in [0.25, 0.3) is 0 Å². The van der Waals surface area contributed by atoms with E-state index in [0.717, 1.165) is 35.3 Å². The van der Waals surface area contributed by atoms with Gasteiger partial charge in [0.1, 0.15) is 17.2 Å². The number of rotatable bonds is 5. The number of halogens is 1. The Morgan fingerprint density at radius 1 is 1.33 bits per heavy atom. The van der Waals surface area contributed by atoms with Crippen LogP contribution in [0.2, 0.25) is 0 Å². The summed E-state index contributed by atoms with van der Waals surface area (Å²) in [6, 6.07) is 4.70. The molecule has 0 unspecified atom stereocenters. The van der Waals surface area contributed by atoms with E-state index in [0.29, 0.717) is 12.5 Å². The van der Waals surface area contributed by atoms with Crippen LogP contribution in [0.15, 0.2) is 22.6 Å². The SMILES string of the molecule is CCc1c(CNCC(C)C)oc2ccc(F)cc12. The summed E-state index contributed by atoms with van der Waals surface area (Å²) in [7, 11) is 0. The number of furan rings is 1. The van der Waals surface area contributed by atoms with E-state index < -0.39 is 0 Å². The van der Waals surface area contributed by atoms with Gasteiger partial charge in [-0.05, 0) is 37.1 Å². The maximum atomic E-state index is 13.3. The quantitative estimate of drug-likeness (QED) is 0.870. The minimum atomic E-state index is -0.209. The van der Waals surface area contributed by atoms with E-state index in [-0.39, 0.29) is 5.82 Å². The highest BCUT2D eigenvalue weighted by Crippen LogP contribution is 2.27. The summed E-state index contributed by atoms with van der Waals surface area (Å²) in [5.74, 6) is 1.33. The van der Waals surface area contributed by atoms with Gasteiger partial charge in [0.15, 0.2) is 0 Å². The van der Waals surface area contributed by atoms with Crippen molar-refractivity contribution in [1.29, 1.82) is 0 Å². The lowest BCUT2D eigenvalue weighted by atomic mass is 10.1. The predicted octanol–water partition coefficient (Wildman–Crippen LogP) is 3.88. The van der Waals surface area contributed by atoms with E-state index >= 15 is 0 Å². The molecule has 3 heteroatoms. The summed E-state index contributed by atoms with van der Waals surface area (Å²) in [6.45, 7) is 8.07. The Kier molecular flexibility index (Phi) is 4.02. The summed E-state index contributed by atoms with van der Waals surface area (Å²) in [5, 5.41) is 4.27. The fraction of sp³-hybridized carbons (Fsp3) is 0.467. The molecular formula is C15H20FNO. The molecule has 18 heavy (non-hydrogen) atoms. The van der Waals surface area contributed by atoms with Crippen molar-refractivity contribution in [3.05, 3.63) is 35.3 Å². The van der Waals surface area contributed by atoms with Gasteiger partial charge in [-0.1, -0.05) is 20.8 Å². The van der Waals surface area contributed by atoms with Gasteiger partial charge < -0.3 is 9.73 Å². The van der Waals surface area contributed by atoms with Crippen molar-refractivity contribution in [2.24, 2.45) is 5.92 Å². The van der Waals surface area contributed by atoms with Crippen molar-refractivity contribution in [3.8, 4) is 0 Å². The zero-order valence-corrected chi connectivity index (χ0v) is 11.2. The molecular weight excluding hydrogens is 229 g/mol. The maximum Gasteiger partial charge on any atom is 0.134 e. The molecule has 0 amide bonds. The Hall–Kier alpha value is -1.35. The van der Waals surface area contributed by atoms with Crippen LogP contribution in [0.25, 0.3) is 11.0 Å². The average molecular weight is 249 g/mol. The van der Waals surface area contributed by atoms with E-state index in [1.54, 1.807) is 12.1 Å². The van der Waals surface area contributed by atoms with Gasteiger partial charge in [-0.2, -0.15) is 0 Å². The molecule has 2 nitrogen and oxygen atoms in total. The average Bonchev–Trinajstić information content (AvgIpc) is 2.65. The molecule has 0 bridgehead atoms. The van der Waals surface area contributed by atoms with E-state index in [9.17, 15) is 4.39 Å². The number of fused-ring (bicyclic) bond motifs is 1. The first kappa shape index (κ1) is 13.1. The summed E-state index contributed by atoms with van der Waals surface area (Å²) in [4.78, 5) is 0. The molecule has 1 aromatic carbocycles. The van der Waals surface area contributed by atoms with Crippen LogP contribution in [-0.4, -0.2) is 6.54 Å². The third kappa shape index (κ3) is 2.72. The highest BCUT2D eigenvalue weighted by molar-refractivity contribution is 5.82. The van der Waals surface area contributed by atoms with Crippen molar-refractivity contribution < 1.29 is 8.81 Å². The number of nitrogens with one attached hydrogen (secondary N) is 1.